The van der Waals surface area contributed by atoms with E-state index in [0.29, 0.717) is 11.1 Å². The van der Waals surface area contributed by atoms with Gasteiger partial charge in [-0.2, -0.15) is 0 Å². The van der Waals surface area contributed by atoms with E-state index in [0.717, 1.165) is 11.1 Å². The highest BCUT2D eigenvalue weighted by Gasteiger charge is 2.12. The largest absolute Gasteiger partial charge is 0.464 e. The van der Waals surface area contributed by atoms with Crippen LogP contribution in [0.2, 0.25) is 0 Å². The van der Waals surface area contributed by atoms with Gasteiger partial charge >= 0.3 is 11.9 Å². The molecule has 8 heteroatoms. The highest BCUT2D eigenvalue weighted by molar-refractivity contribution is 5.98. The Kier molecular flexibility index (Phi) is 9.52. The molecule has 0 aliphatic rings. The Labute approximate surface area is 198 Å². The molecule has 0 aliphatic heterocycles. The molecule has 8 nitrogen and oxygen atoms in total. The van der Waals surface area contributed by atoms with Crippen molar-refractivity contribution in [1.82, 2.24) is 10.6 Å². The first-order valence-corrected chi connectivity index (χ1v) is 10.2. The molecular weight excluding hydrogens is 436 g/mol. The lowest BCUT2D eigenvalue weighted by Gasteiger charge is -2.07. The predicted molar refractivity (Wildman–Crippen MR) is 129 cm³/mol. The number of carbonyl (C=O) groups excluding carboxylic acids is 4. The van der Waals surface area contributed by atoms with Gasteiger partial charge in [0.1, 0.15) is 11.4 Å². The maximum Gasteiger partial charge on any atom is 0.354 e. The second kappa shape index (κ2) is 12.5. The van der Waals surface area contributed by atoms with Crippen LogP contribution in [-0.4, -0.2) is 38.0 Å². The lowest BCUT2D eigenvalue weighted by molar-refractivity contribution is -0.138. The number of benzene rings is 2. The fourth-order valence-electron chi connectivity index (χ4n) is 2.92. The molecule has 0 atom stereocenters. The number of esters is 2. The highest BCUT2D eigenvalue weighted by atomic mass is 16.5. The first-order valence-electron chi connectivity index (χ1n) is 10.2. The standard InChI is InChI=1S/C26H26N2O6/c1-17(29)27-23(25(31)33-3)15-21-9-5-7-19(13-21)11-12-20-8-6-10-22(14-20)16-24(26(32)34-4)28-18(2)30/h5-16H,1-4H3,(H,27,29)(H,28,30). The van der Waals surface area contributed by atoms with Gasteiger partial charge in [-0.3, -0.25) is 9.59 Å². The summed E-state index contributed by atoms with van der Waals surface area (Å²) in [5, 5.41) is 4.93. The zero-order valence-corrected chi connectivity index (χ0v) is 19.4. The van der Waals surface area contributed by atoms with Gasteiger partial charge in [0, 0.05) is 13.8 Å². The number of hydrogen-bond acceptors (Lipinski definition) is 6. The van der Waals surface area contributed by atoms with Crippen molar-refractivity contribution < 1.29 is 28.7 Å². The number of ether oxygens (including phenoxy) is 2. The summed E-state index contributed by atoms with van der Waals surface area (Å²) < 4.78 is 9.42. The van der Waals surface area contributed by atoms with E-state index in [9.17, 15) is 19.2 Å². The Hall–Kier alpha value is -4.46. The van der Waals surface area contributed by atoms with Crippen LogP contribution in [0.5, 0.6) is 0 Å². The first kappa shape index (κ1) is 25.8. The van der Waals surface area contributed by atoms with Gasteiger partial charge in [-0.15, -0.1) is 0 Å². The minimum Gasteiger partial charge on any atom is -0.464 e. The molecule has 0 radical (unpaired) electrons. The summed E-state index contributed by atoms with van der Waals surface area (Å²) in [6.45, 7) is 2.62. The van der Waals surface area contributed by atoms with Crippen LogP contribution >= 0.6 is 0 Å². The quantitative estimate of drug-likeness (QED) is 0.354. The Morgan fingerprint density at radius 1 is 0.647 bits per heavy atom. The third-order valence-electron chi connectivity index (χ3n) is 4.34. The minimum atomic E-state index is -0.647. The van der Waals surface area contributed by atoms with Gasteiger partial charge in [-0.25, -0.2) is 9.59 Å². The Balaban J connectivity index is 2.29. The molecule has 0 saturated heterocycles. The molecule has 0 aliphatic carbocycles. The predicted octanol–water partition coefficient (Wildman–Crippen LogP) is 3.16. The Morgan fingerprint density at radius 2 is 1.00 bits per heavy atom. The number of rotatable bonds is 8. The summed E-state index contributed by atoms with van der Waals surface area (Å²) >= 11 is 0. The maximum absolute atomic E-state index is 11.9. The van der Waals surface area contributed by atoms with Crippen LogP contribution in [0.3, 0.4) is 0 Å². The number of methoxy groups -OCH3 is 2. The lowest BCUT2D eigenvalue weighted by atomic mass is 10.1. The summed E-state index contributed by atoms with van der Waals surface area (Å²) in [5.74, 6) is -2.05. The van der Waals surface area contributed by atoms with Gasteiger partial charge in [0.2, 0.25) is 11.8 Å². The zero-order chi connectivity index (χ0) is 25.1. The number of nitrogens with one attached hydrogen (secondary N) is 2. The van der Waals surface area contributed by atoms with Crippen LogP contribution in [0.4, 0.5) is 0 Å². The molecular formula is C26H26N2O6. The Morgan fingerprint density at radius 3 is 1.32 bits per heavy atom. The Bertz CT molecular complexity index is 1090. The van der Waals surface area contributed by atoms with E-state index < -0.39 is 11.9 Å². The molecule has 0 aromatic heterocycles. The fourth-order valence-corrected chi connectivity index (χ4v) is 2.92. The molecule has 2 amide bonds. The van der Waals surface area contributed by atoms with Gasteiger partial charge in [0.25, 0.3) is 0 Å². The molecule has 2 aromatic carbocycles. The normalized spacial score (nSPS) is 11.6. The average Bonchev–Trinajstić information content (AvgIpc) is 2.81. The van der Waals surface area contributed by atoms with Crippen molar-refractivity contribution in [3.63, 3.8) is 0 Å². The molecule has 0 spiro atoms. The third-order valence-corrected chi connectivity index (χ3v) is 4.34. The molecule has 0 unspecified atom stereocenters. The molecule has 0 saturated carbocycles. The van der Waals surface area contributed by atoms with E-state index >= 15 is 0 Å². The van der Waals surface area contributed by atoms with E-state index in [1.54, 1.807) is 12.1 Å². The van der Waals surface area contributed by atoms with Crippen LogP contribution in [0.25, 0.3) is 24.3 Å². The fraction of sp³-hybridized carbons (Fsp3) is 0.154. The van der Waals surface area contributed by atoms with E-state index in [1.165, 1.54) is 40.2 Å². The van der Waals surface area contributed by atoms with E-state index in [-0.39, 0.29) is 23.2 Å². The molecule has 2 N–H and O–H groups in total. The van der Waals surface area contributed by atoms with Crippen LogP contribution in [0.15, 0.2) is 59.9 Å². The van der Waals surface area contributed by atoms with Crippen molar-refractivity contribution in [3.05, 3.63) is 82.2 Å². The zero-order valence-electron chi connectivity index (χ0n) is 19.4. The monoisotopic (exact) mass is 462 g/mol. The number of hydrogen-bond donors (Lipinski definition) is 2. The van der Waals surface area contributed by atoms with Gasteiger partial charge in [0.15, 0.2) is 0 Å². The van der Waals surface area contributed by atoms with Crippen LogP contribution in [0.1, 0.15) is 36.1 Å². The molecule has 0 bridgehead atoms. The second-order valence-corrected chi connectivity index (χ2v) is 7.14. The molecule has 34 heavy (non-hydrogen) atoms. The second-order valence-electron chi connectivity index (χ2n) is 7.14. The van der Waals surface area contributed by atoms with E-state index in [4.69, 9.17) is 9.47 Å². The van der Waals surface area contributed by atoms with Crippen molar-refractivity contribution in [2.75, 3.05) is 14.2 Å². The summed E-state index contributed by atoms with van der Waals surface area (Å²) in [5.41, 5.74) is 3.19. The number of amides is 2. The van der Waals surface area contributed by atoms with E-state index in [1.807, 2.05) is 48.6 Å². The smallest absolute Gasteiger partial charge is 0.354 e. The van der Waals surface area contributed by atoms with E-state index in [2.05, 4.69) is 10.6 Å². The minimum absolute atomic E-state index is 0.0381. The SMILES string of the molecule is COC(=O)C(=Cc1cccc(C=Cc2cccc(C=C(NC(C)=O)C(=O)OC)c2)c1)NC(C)=O. The molecule has 2 rings (SSSR count). The van der Waals surface area contributed by atoms with Gasteiger partial charge in [0.05, 0.1) is 14.2 Å². The van der Waals surface area contributed by atoms with Gasteiger partial charge < -0.3 is 20.1 Å². The summed E-state index contributed by atoms with van der Waals surface area (Å²) in [6, 6.07) is 14.7. The summed E-state index contributed by atoms with van der Waals surface area (Å²) in [4.78, 5) is 46.5. The average molecular weight is 463 g/mol. The van der Waals surface area contributed by atoms with Gasteiger partial charge in [-0.05, 0) is 46.5 Å². The summed E-state index contributed by atoms with van der Waals surface area (Å²) in [7, 11) is 2.48. The van der Waals surface area contributed by atoms with Crippen molar-refractivity contribution in [2.45, 2.75) is 13.8 Å². The van der Waals surface area contributed by atoms with Crippen molar-refractivity contribution in [1.29, 1.82) is 0 Å². The first-order chi connectivity index (χ1) is 16.2. The van der Waals surface area contributed by atoms with Crippen molar-refractivity contribution >= 4 is 48.1 Å². The highest BCUT2D eigenvalue weighted by Crippen LogP contribution is 2.15. The number of carbonyl (C=O) groups is 4. The summed E-state index contributed by atoms with van der Waals surface area (Å²) in [6.07, 6.45) is 6.83. The topological polar surface area (TPSA) is 111 Å². The lowest BCUT2D eigenvalue weighted by Crippen LogP contribution is -2.25. The van der Waals surface area contributed by atoms with Crippen LogP contribution in [0, 0.1) is 0 Å². The van der Waals surface area contributed by atoms with Crippen molar-refractivity contribution in [3.8, 4) is 0 Å². The molecule has 2 aromatic rings. The molecule has 0 heterocycles. The van der Waals surface area contributed by atoms with Crippen LogP contribution < -0.4 is 10.6 Å². The molecule has 0 fully saturated rings. The van der Waals surface area contributed by atoms with Gasteiger partial charge in [-0.1, -0.05) is 48.6 Å². The molecule has 176 valence electrons. The maximum atomic E-state index is 11.9. The van der Waals surface area contributed by atoms with Crippen molar-refractivity contribution in [2.24, 2.45) is 0 Å². The van der Waals surface area contributed by atoms with Crippen LogP contribution in [-0.2, 0) is 28.7 Å². The third kappa shape index (κ3) is 8.23.